The van der Waals surface area contributed by atoms with Gasteiger partial charge in [-0.1, -0.05) is 79.2 Å². The molecule has 0 radical (unpaired) electrons. The maximum atomic E-state index is 13.6. The number of ether oxygens (including phenoxy) is 1. The lowest BCUT2D eigenvalue weighted by atomic mass is 9.84. The second kappa shape index (κ2) is 13.9. The van der Waals surface area contributed by atoms with Gasteiger partial charge in [-0.05, 0) is 69.4 Å². The Labute approximate surface area is 247 Å². The van der Waals surface area contributed by atoms with Gasteiger partial charge in [-0.2, -0.15) is 13.2 Å². The molecule has 0 bridgehead atoms. The van der Waals surface area contributed by atoms with Crippen LogP contribution in [0.5, 0.6) is 0 Å². The zero-order valence-electron chi connectivity index (χ0n) is 24.8. The van der Waals surface area contributed by atoms with E-state index in [0.717, 1.165) is 53.7 Å². The first kappa shape index (κ1) is 31.8. The summed E-state index contributed by atoms with van der Waals surface area (Å²) in [6.07, 6.45) is 1.51. The summed E-state index contributed by atoms with van der Waals surface area (Å²) >= 11 is 0. The number of hydrogen-bond acceptors (Lipinski definition) is 4. The Morgan fingerprint density at radius 1 is 0.976 bits per heavy atom. The van der Waals surface area contributed by atoms with Crippen molar-refractivity contribution in [2.45, 2.75) is 84.2 Å². The van der Waals surface area contributed by atoms with E-state index in [9.17, 15) is 22.8 Å². The number of halogens is 3. The fourth-order valence-corrected chi connectivity index (χ4v) is 5.91. The number of amides is 1. The van der Waals surface area contributed by atoms with E-state index in [4.69, 9.17) is 4.74 Å². The van der Waals surface area contributed by atoms with Crippen molar-refractivity contribution in [2.75, 3.05) is 13.1 Å². The van der Waals surface area contributed by atoms with Crippen LogP contribution in [-0.2, 0) is 20.9 Å². The largest absolute Gasteiger partial charge is 0.471 e. The first-order valence-electron chi connectivity index (χ1n) is 15.1. The van der Waals surface area contributed by atoms with Crippen LogP contribution in [0.4, 0.5) is 13.2 Å². The Bertz CT molecular complexity index is 1210. The molecule has 2 fully saturated rings. The molecule has 0 saturated heterocycles. The molecule has 0 spiro atoms. The van der Waals surface area contributed by atoms with Crippen LogP contribution in [0.1, 0.15) is 70.4 Å². The smallest absolute Gasteiger partial charge is 0.460 e. The molecule has 5 nitrogen and oxygen atoms in total. The number of carbonyl (C=O) groups is 2. The lowest BCUT2D eigenvalue weighted by Gasteiger charge is -2.35. The van der Waals surface area contributed by atoms with Gasteiger partial charge in [0, 0.05) is 31.1 Å². The SMILES string of the molecule is CC/C(=C\c1ccccc1)C1CC1N(CC1CCC(NCC(C)(C)C(=O)OCc2ccccc2)CC1)C(=O)C(F)(F)F. The van der Waals surface area contributed by atoms with Crippen molar-refractivity contribution in [3.8, 4) is 0 Å². The van der Waals surface area contributed by atoms with Crippen LogP contribution in [-0.4, -0.2) is 48.1 Å². The molecule has 1 N–H and O–H groups in total. The summed E-state index contributed by atoms with van der Waals surface area (Å²) in [5, 5.41) is 3.48. The molecular formula is C34H43F3N2O3. The molecule has 42 heavy (non-hydrogen) atoms. The van der Waals surface area contributed by atoms with Gasteiger partial charge in [0.15, 0.2) is 0 Å². The zero-order valence-corrected chi connectivity index (χ0v) is 24.8. The number of carbonyl (C=O) groups excluding carboxylic acids is 2. The van der Waals surface area contributed by atoms with E-state index >= 15 is 0 Å². The highest BCUT2D eigenvalue weighted by Gasteiger charge is 2.52. The van der Waals surface area contributed by atoms with E-state index in [0.29, 0.717) is 13.0 Å². The molecule has 228 valence electrons. The van der Waals surface area contributed by atoms with Crippen LogP contribution in [0.2, 0.25) is 0 Å². The number of benzene rings is 2. The normalized spacial score (nSPS) is 22.9. The minimum Gasteiger partial charge on any atom is -0.460 e. The molecule has 4 rings (SSSR count). The predicted octanol–water partition coefficient (Wildman–Crippen LogP) is 7.18. The molecule has 2 aromatic rings. The van der Waals surface area contributed by atoms with Crippen molar-refractivity contribution in [3.63, 3.8) is 0 Å². The van der Waals surface area contributed by atoms with Gasteiger partial charge >= 0.3 is 18.1 Å². The average Bonchev–Trinajstić information content (AvgIpc) is 3.77. The molecule has 0 aliphatic heterocycles. The molecule has 2 aliphatic rings. The van der Waals surface area contributed by atoms with Crippen LogP contribution in [0.3, 0.4) is 0 Å². The Morgan fingerprint density at radius 3 is 2.19 bits per heavy atom. The predicted molar refractivity (Wildman–Crippen MR) is 158 cm³/mol. The highest BCUT2D eigenvalue weighted by Crippen LogP contribution is 2.45. The second-order valence-electron chi connectivity index (χ2n) is 12.4. The molecule has 2 saturated carbocycles. The Balaban J connectivity index is 1.28. The van der Waals surface area contributed by atoms with Gasteiger partial charge < -0.3 is 15.0 Å². The van der Waals surface area contributed by atoms with E-state index in [-0.39, 0.29) is 37.0 Å². The molecule has 2 atom stereocenters. The van der Waals surface area contributed by atoms with E-state index in [1.54, 1.807) is 0 Å². The number of rotatable bonds is 12. The lowest BCUT2D eigenvalue weighted by molar-refractivity contribution is -0.187. The lowest BCUT2D eigenvalue weighted by Crippen LogP contribution is -2.47. The summed E-state index contributed by atoms with van der Waals surface area (Å²) < 4.78 is 46.4. The number of alkyl halides is 3. The van der Waals surface area contributed by atoms with E-state index in [1.165, 1.54) is 0 Å². The quantitative estimate of drug-likeness (QED) is 0.269. The third-order valence-electron chi connectivity index (χ3n) is 8.60. The van der Waals surface area contributed by atoms with Crippen LogP contribution >= 0.6 is 0 Å². The third-order valence-corrected chi connectivity index (χ3v) is 8.60. The summed E-state index contributed by atoms with van der Waals surface area (Å²) in [6.45, 7) is 6.52. The highest BCUT2D eigenvalue weighted by molar-refractivity contribution is 5.82. The Hall–Kier alpha value is -3.13. The van der Waals surface area contributed by atoms with Gasteiger partial charge in [0.2, 0.25) is 0 Å². The maximum absolute atomic E-state index is 13.6. The number of hydrogen-bond donors (Lipinski definition) is 1. The second-order valence-corrected chi connectivity index (χ2v) is 12.4. The van der Waals surface area contributed by atoms with Crippen molar-refractivity contribution in [2.24, 2.45) is 17.3 Å². The monoisotopic (exact) mass is 584 g/mol. The van der Waals surface area contributed by atoms with Crippen molar-refractivity contribution < 1.29 is 27.5 Å². The Morgan fingerprint density at radius 2 is 1.60 bits per heavy atom. The number of nitrogens with one attached hydrogen (secondary N) is 1. The van der Waals surface area contributed by atoms with Crippen molar-refractivity contribution in [1.29, 1.82) is 0 Å². The van der Waals surface area contributed by atoms with Gasteiger partial charge in [0.25, 0.3) is 0 Å². The average molecular weight is 585 g/mol. The van der Waals surface area contributed by atoms with Crippen molar-refractivity contribution >= 4 is 18.0 Å². The van der Waals surface area contributed by atoms with Gasteiger partial charge in [0.1, 0.15) is 6.61 Å². The van der Waals surface area contributed by atoms with E-state index in [2.05, 4.69) is 11.4 Å². The van der Waals surface area contributed by atoms with Gasteiger partial charge in [-0.25, -0.2) is 0 Å². The van der Waals surface area contributed by atoms with Gasteiger partial charge in [-0.3, -0.25) is 9.59 Å². The topological polar surface area (TPSA) is 58.6 Å². The van der Waals surface area contributed by atoms with Gasteiger partial charge in [-0.15, -0.1) is 0 Å². The molecule has 2 aliphatic carbocycles. The third kappa shape index (κ3) is 8.69. The van der Waals surface area contributed by atoms with E-state index < -0.39 is 23.5 Å². The highest BCUT2D eigenvalue weighted by atomic mass is 19.4. The zero-order chi connectivity index (χ0) is 30.3. The molecule has 0 heterocycles. The number of esters is 1. The summed E-state index contributed by atoms with van der Waals surface area (Å²) in [5.74, 6) is -2.02. The first-order chi connectivity index (χ1) is 20.0. The molecule has 8 heteroatoms. The number of nitrogens with zero attached hydrogens (tertiary/aromatic N) is 1. The minimum absolute atomic E-state index is 0.0163. The van der Waals surface area contributed by atoms with Crippen molar-refractivity contribution in [1.82, 2.24) is 10.2 Å². The molecule has 2 unspecified atom stereocenters. The summed E-state index contributed by atoms with van der Waals surface area (Å²) in [6, 6.07) is 19.1. The maximum Gasteiger partial charge on any atom is 0.471 e. The summed E-state index contributed by atoms with van der Waals surface area (Å²) in [4.78, 5) is 26.4. The van der Waals surface area contributed by atoms with Crippen LogP contribution < -0.4 is 5.32 Å². The van der Waals surface area contributed by atoms with Gasteiger partial charge in [0.05, 0.1) is 5.41 Å². The fourth-order valence-electron chi connectivity index (χ4n) is 5.91. The molecule has 2 aromatic carbocycles. The van der Waals surface area contributed by atoms with E-state index in [1.807, 2.05) is 81.4 Å². The van der Waals surface area contributed by atoms with Crippen LogP contribution in [0.15, 0.2) is 66.2 Å². The van der Waals surface area contributed by atoms with Crippen LogP contribution in [0.25, 0.3) is 6.08 Å². The first-order valence-corrected chi connectivity index (χ1v) is 15.1. The molecule has 0 aromatic heterocycles. The van der Waals surface area contributed by atoms with Crippen LogP contribution in [0, 0.1) is 17.3 Å². The fraction of sp³-hybridized carbons (Fsp3) is 0.529. The molecule has 1 amide bonds. The summed E-state index contributed by atoms with van der Waals surface area (Å²) in [5.41, 5.74) is 2.32. The minimum atomic E-state index is -4.89. The molecular weight excluding hydrogens is 541 g/mol. The Kier molecular flexibility index (Phi) is 10.5. The standard InChI is InChI=1S/C34H43F3N2O3/c1-4-27(19-24-11-7-5-8-12-24)29-20-30(29)39(31(40)34(35,36)37)21-25-15-17-28(18-16-25)38-23-33(2,3)32(41)42-22-26-13-9-6-10-14-26/h5-14,19,25,28-30,38H,4,15-18,20-23H2,1-3H3/b27-19+. The summed E-state index contributed by atoms with van der Waals surface area (Å²) in [7, 11) is 0. The van der Waals surface area contributed by atoms with Crippen molar-refractivity contribution in [3.05, 3.63) is 77.4 Å².